The molecule has 62 heavy (non-hydrogen) atoms. The number of rotatable bonds is 14. The molecule has 0 aliphatic heterocycles. The van der Waals surface area contributed by atoms with E-state index in [1.54, 1.807) is 4.72 Å². The maximum Gasteiger partial charge on any atom is 0.355 e. The number of carboxylic acid groups (broad SMARTS) is 1. The van der Waals surface area contributed by atoms with Gasteiger partial charge in [0.05, 0.1) is 53.5 Å². The lowest BCUT2D eigenvalue weighted by Gasteiger charge is -2.14. The van der Waals surface area contributed by atoms with Crippen molar-refractivity contribution in [3.63, 3.8) is 0 Å². The molecule has 0 saturated carbocycles. The van der Waals surface area contributed by atoms with Crippen molar-refractivity contribution in [1.29, 1.82) is 0 Å². The quantitative estimate of drug-likeness (QED) is 0.0986. The number of anilines is 2. The number of methoxy groups -OCH3 is 2. The average Bonchev–Trinajstić information content (AvgIpc) is 3.46. The zero-order valence-electron chi connectivity index (χ0n) is 33.4. The fourth-order valence-corrected chi connectivity index (χ4v) is 7.24. The number of pyridine rings is 1. The number of nitrogens with two attached hydrogens (primary N) is 1. The zero-order valence-corrected chi connectivity index (χ0v) is 37.4. The van der Waals surface area contributed by atoms with Gasteiger partial charge in [-0.05, 0) is 37.6 Å². The highest BCUT2D eigenvalue weighted by atomic mass is 35.5. The van der Waals surface area contributed by atoms with Gasteiger partial charge in [-0.3, -0.25) is 24.2 Å². The number of nitrogens with zero attached hydrogens (tertiary/aromatic N) is 7. The van der Waals surface area contributed by atoms with E-state index in [1.165, 1.54) is 77.3 Å². The Morgan fingerprint density at radius 2 is 1.63 bits per heavy atom. The van der Waals surface area contributed by atoms with Crippen LogP contribution < -0.4 is 35.7 Å². The summed E-state index contributed by atoms with van der Waals surface area (Å²) < 4.78 is 98.6. The minimum atomic E-state index is -4.46. The number of nitrogens with one attached hydrogen (secondary N) is 3. The van der Waals surface area contributed by atoms with E-state index >= 15 is 0 Å². The van der Waals surface area contributed by atoms with Crippen molar-refractivity contribution in [2.75, 3.05) is 57.4 Å². The van der Waals surface area contributed by atoms with Crippen LogP contribution in [0.3, 0.4) is 0 Å². The molecule has 3 heterocycles. The highest BCUT2D eigenvalue weighted by Gasteiger charge is 2.27. The van der Waals surface area contributed by atoms with E-state index in [0.29, 0.717) is 4.68 Å². The highest BCUT2D eigenvalue weighted by Crippen LogP contribution is 2.36. The molecule has 2 unspecified atom stereocenters. The Hall–Kier alpha value is -5.51. The molecular formula is C31H40Cl2F2N11O13PS2. The summed E-state index contributed by atoms with van der Waals surface area (Å²) in [7, 11) is -5.60. The van der Waals surface area contributed by atoms with Crippen molar-refractivity contribution < 1.29 is 64.0 Å². The van der Waals surface area contributed by atoms with Gasteiger partial charge in [0.2, 0.25) is 27.7 Å². The number of benzene rings is 1. The first-order chi connectivity index (χ1) is 28.5. The summed E-state index contributed by atoms with van der Waals surface area (Å²) in [6, 6.07) is 4.18. The number of alkyl halides is 2. The Bertz CT molecular complexity index is 2590. The van der Waals surface area contributed by atoms with E-state index in [0.717, 1.165) is 12.3 Å². The fraction of sp³-hybridized carbons (Fsp3) is 0.355. The number of halogens is 4. The number of carbonyl (C=O) groups excluding carboxylic acids is 2. The molecule has 342 valence electrons. The Labute approximate surface area is 361 Å². The second kappa shape index (κ2) is 22.0. The number of aromatic nitrogens is 6. The van der Waals surface area contributed by atoms with Crippen molar-refractivity contribution in [3.05, 3.63) is 68.4 Å². The molecule has 0 aliphatic rings. The molecule has 0 aliphatic carbocycles. The van der Waals surface area contributed by atoms with Gasteiger partial charge in [0.25, 0.3) is 15.9 Å². The second-order valence-electron chi connectivity index (χ2n) is 12.4. The van der Waals surface area contributed by atoms with Crippen molar-refractivity contribution in [3.8, 4) is 17.4 Å². The number of carboxylic acids is 1. The molecule has 0 spiro atoms. The molecule has 31 heteroatoms. The number of aryl methyl sites for hydroxylation is 1. The number of hydrogen-bond donors (Lipinski definition) is 6. The number of ether oxygens (including phenoxy) is 2. The lowest BCUT2D eigenvalue weighted by molar-refractivity contribution is -0.138. The van der Waals surface area contributed by atoms with E-state index in [2.05, 4.69) is 30.1 Å². The smallest absolute Gasteiger partial charge is 0.355 e. The number of amides is 3. The standard InChI is InChI=1S/C15H18N6O6S.C11H10Cl2F2N4O3S.C5H12NO4P/c1-21(2)13(22)9-6-5-7-16-12(9)28(24,25)20-15(23)19-14-17-10(26-3)8-11(18-14)27-4;1-5-16-19(11(20)18(5)10(14)15)9-4-8(17-23(2,21)22)6(12)3-7(9)13;1-11(9,10)3-2-4(6)5(7)8/h5-8H,1-4H3,(H2,17,18,19,20,23);3-4,10,17H,1-2H3;4H,2-3,6H2,1H3,(H,7,8)(H,9,10). The summed E-state index contributed by atoms with van der Waals surface area (Å²) >= 11 is 11.8. The van der Waals surface area contributed by atoms with E-state index < -0.39 is 68.6 Å². The van der Waals surface area contributed by atoms with Crippen LogP contribution in [0.2, 0.25) is 10.0 Å². The average molecular weight is 979 g/mol. The predicted molar refractivity (Wildman–Crippen MR) is 220 cm³/mol. The van der Waals surface area contributed by atoms with Gasteiger partial charge in [-0.1, -0.05) is 23.2 Å². The van der Waals surface area contributed by atoms with Crippen LogP contribution in [0.4, 0.5) is 25.2 Å². The molecule has 3 aromatic heterocycles. The van der Waals surface area contributed by atoms with Crippen molar-refractivity contribution >= 4 is 80.2 Å². The molecule has 0 radical (unpaired) electrons. The number of sulfonamides is 2. The summed E-state index contributed by atoms with van der Waals surface area (Å²) in [5.41, 5.74) is 3.63. The third-order valence-electron chi connectivity index (χ3n) is 7.12. The molecule has 3 amide bonds. The molecule has 0 fully saturated rings. The molecule has 1 aromatic carbocycles. The van der Waals surface area contributed by atoms with Gasteiger partial charge in [-0.15, -0.1) is 5.10 Å². The van der Waals surface area contributed by atoms with Crippen LogP contribution in [0, 0.1) is 6.92 Å². The van der Waals surface area contributed by atoms with Gasteiger partial charge >= 0.3 is 24.2 Å². The minimum Gasteiger partial charge on any atom is -0.481 e. The molecule has 0 saturated heterocycles. The van der Waals surface area contributed by atoms with Crippen LogP contribution >= 0.6 is 30.6 Å². The van der Waals surface area contributed by atoms with Crippen LogP contribution in [-0.4, -0.2) is 132 Å². The number of aliphatic carboxylic acids is 1. The van der Waals surface area contributed by atoms with E-state index in [4.69, 9.17) is 48.4 Å². The second-order valence-corrected chi connectivity index (χ2v) is 19.2. The lowest BCUT2D eigenvalue weighted by atomic mass is 10.2. The first kappa shape index (κ1) is 52.6. The molecule has 2 atom stereocenters. The maximum atomic E-state index is 12.8. The van der Waals surface area contributed by atoms with Crippen LogP contribution in [0.15, 0.2) is 46.3 Å². The number of carbonyl (C=O) groups is 3. The third kappa shape index (κ3) is 15.8. The topological polar surface area (TPSA) is 339 Å². The summed E-state index contributed by atoms with van der Waals surface area (Å²) in [5.74, 6) is -2.03. The monoisotopic (exact) mass is 977 g/mol. The molecule has 24 nitrogen and oxygen atoms in total. The Kier molecular flexibility index (Phi) is 18.7. The molecule has 4 rings (SSSR count). The summed E-state index contributed by atoms with van der Waals surface area (Å²) in [5, 5.41) is 13.5. The first-order valence-corrected chi connectivity index (χ1v) is 23.1. The van der Waals surface area contributed by atoms with Crippen molar-refractivity contribution in [2.45, 2.75) is 31.0 Å². The predicted octanol–water partition coefficient (Wildman–Crippen LogP) is 2.21. The Morgan fingerprint density at radius 1 is 1.05 bits per heavy atom. The number of hydrogen-bond acceptors (Lipinski definition) is 16. The van der Waals surface area contributed by atoms with Gasteiger partial charge in [-0.2, -0.15) is 31.8 Å². The summed E-state index contributed by atoms with van der Waals surface area (Å²) in [6.07, 6.45) is 2.09. The fourth-order valence-electron chi connectivity index (χ4n) is 4.31. The van der Waals surface area contributed by atoms with Crippen molar-refractivity contribution in [1.82, 2.24) is 38.9 Å². The Balaban J connectivity index is 0.000000350. The maximum absolute atomic E-state index is 12.8. The number of urea groups is 1. The van der Waals surface area contributed by atoms with Crippen LogP contribution in [0.5, 0.6) is 11.8 Å². The van der Waals surface area contributed by atoms with Crippen LogP contribution in [0.25, 0.3) is 5.69 Å². The van der Waals surface area contributed by atoms with Gasteiger partial charge in [-0.25, -0.2) is 32.3 Å². The SMILES string of the molecule is COc1cc(OC)nc(NC(=O)NS(=O)(=O)c2ncccc2C(=O)N(C)C)n1.CP(=O)(O)CCC(N)C(=O)O.Cc1nn(-c2cc(NS(C)(=O)=O)c(Cl)cc2Cl)c(=O)n1C(F)F. The Morgan fingerprint density at radius 3 is 2.10 bits per heavy atom. The zero-order chi connectivity index (χ0) is 47.5. The van der Waals surface area contributed by atoms with Crippen LogP contribution in [-0.2, 0) is 29.4 Å². The van der Waals surface area contributed by atoms with Gasteiger partial charge in [0.15, 0.2) is 12.4 Å². The molecular weight excluding hydrogens is 938 g/mol. The van der Waals surface area contributed by atoms with E-state index in [-0.39, 0.29) is 67.7 Å². The molecule has 0 bridgehead atoms. The minimum absolute atomic E-state index is 0.0257. The van der Waals surface area contributed by atoms with E-state index in [9.17, 15) is 49.4 Å². The summed E-state index contributed by atoms with van der Waals surface area (Å²) in [6.45, 7) is -0.665. The molecule has 7 N–H and O–H groups in total. The van der Waals surface area contributed by atoms with E-state index in [1.807, 2.05) is 0 Å². The largest absolute Gasteiger partial charge is 0.481 e. The van der Waals surface area contributed by atoms with Gasteiger partial charge in [0.1, 0.15) is 11.9 Å². The van der Waals surface area contributed by atoms with Crippen molar-refractivity contribution in [2.24, 2.45) is 5.73 Å². The first-order valence-electron chi connectivity index (χ1n) is 16.7. The lowest BCUT2D eigenvalue weighted by Crippen LogP contribution is -2.36. The summed E-state index contributed by atoms with van der Waals surface area (Å²) in [4.78, 5) is 67.8. The normalized spacial score (nSPS) is 12.6. The highest BCUT2D eigenvalue weighted by molar-refractivity contribution is 7.92. The third-order valence-corrected chi connectivity index (χ3v) is 10.7. The van der Waals surface area contributed by atoms with Gasteiger partial charge in [0, 0.05) is 33.1 Å². The van der Waals surface area contributed by atoms with Crippen LogP contribution in [0.1, 0.15) is 29.2 Å². The molecule has 4 aromatic rings. The van der Waals surface area contributed by atoms with Gasteiger partial charge < -0.3 is 30.1 Å².